The minimum absolute atomic E-state index is 0.510. The number of aromatic nitrogens is 1. The zero-order chi connectivity index (χ0) is 10.7. The number of aryl methyl sites for hydroxylation is 1. The van der Waals surface area contributed by atoms with Gasteiger partial charge >= 0.3 is 0 Å². The zero-order valence-electron chi connectivity index (χ0n) is 9.71. The molecule has 0 saturated heterocycles. The van der Waals surface area contributed by atoms with Crippen LogP contribution in [0.3, 0.4) is 0 Å². The molecule has 1 aliphatic carbocycles. The number of hydrogen-bond acceptors (Lipinski definition) is 2. The first-order valence-corrected chi connectivity index (χ1v) is 5.84. The fourth-order valence-corrected chi connectivity index (χ4v) is 2.39. The third kappa shape index (κ3) is 2.49. The van der Waals surface area contributed by atoms with Gasteiger partial charge in [-0.1, -0.05) is 19.8 Å². The quantitative estimate of drug-likeness (QED) is 0.816. The Morgan fingerprint density at radius 3 is 2.80 bits per heavy atom. The second-order valence-electron chi connectivity index (χ2n) is 5.06. The van der Waals surface area contributed by atoms with Crippen LogP contribution in [0.25, 0.3) is 0 Å². The Morgan fingerprint density at radius 2 is 2.13 bits per heavy atom. The zero-order valence-corrected chi connectivity index (χ0v) is 9.71. The minimum atomic E-state index is 0.510. The van der Waals surface area contributed by atoms with Gasteiger partial charge in [0.2, 0.25) is 0 Å². The maximum atomic E-state index is 4.10. The van der Waals surface area contributed by atoms with Crippen LogP contribution in [0.2, 0.25) is 0 Å². The van der Waals surface area contributed by atoms with Gasteiger partial charge in [-0.3, -0.25) is 4.98 Å². The highest BCUT2D eigenvalue weighted by Crippen LogP contribution is 2.37. The molecule has 0 unspecified atom stereocenters. The van der Waals surface area contributed by atoms with Gasteiger partial charge in [-0.2, -0.15) is 0 Å². The van der Waals surface area contributed by atoms with Crippen LogP contribution in [0.4, 0.5) is 5.69 Å². The molecule has 0 aromatic carbocycles. The average Bonchev–Trinajstić information content (AvgIpc) is 2.65. The van der Waals surface area contributed by atoms with Gasteiger partial charge in [-0.15, -0.1) is 0 Å². The van der Waals surface area contributed by atoms with Crippen LogP contribution >= 0.6 is 0 Å². The standard InChI is InChI=1S/C13H20N2/c1-11-9-14-8-5-12(11)15-10-13(2)6-3-4-7-13/h5,8-9H,3-4,6-7,10H2,1-2H3,(H,14,15). The molecule has 1 heterocycles. The smallest absolute Gasteiger partial charge is 0.0400 e. The third-order valence-electron chi connectivity index (χ3n) is 3.54. The van der Waals surface area contributed by atoms with E-state index in [4.69, 9.17) is 0 Å². The number of nitrogens with zero attached hydrogens (tertiary/aromatic N) is 1. The lowest BCUT2D eigenvalue weighted by Crippen LogP contribution is -2.23. The number of nitrogens with one attached hydrogen (secondary N) is 1. The predicted molar refractivity (Wildman–Crippen MR) is 64.0 cm³/mol. The summed E-state index contributed by atoms with van der Waals surface area (Å²) in [6, 6.07) is 2.06. The summed E-state index contributed by atoms with van der Waals surface area (Å²) >= 11 is 0. The van der Waals surface area contributed by atoms with Gasteiger partial charge in [-0.25, -0.2) is 0 Å². The van der Waals surface area contributed by atoms with Crippen molar-refractivity contribution in [3.8, 4) is 0 Å². The van der Waals surface area contributed by atoms with Gasteiger partial charge in [0.05, 0.1) is 0 Å². The van der Waals surface area contributed by atoms with Crippen LogP contribution in [-0.4, -0.2) is 11.5 Å². The highest BCUT2D eigenvalue weighted by Gasteiger charge is 2.28. The van der Waals surface area contributed by atoms with E-state index in [9.17, 15) is 0 Å². The summed E-state index contributed by atoms with van der Waals surface area (Å²) in [4.78, 5) is 4.10. The normalized spacial score (nSPS) is 19.1. The van der Waals surface area contributed by atoms with Gasteiger partial charge in [0.1, 0.15) is 0 Å². The van der Waals surface area contributed by atoms with E-state index in [0.717, 1.165) is 6.54 Å². The third-order valence-corrected chi connectivity index (χ3v) is 3.54. The summed E-state index contributed by atoms with van der Waals surface area (Å²) in [6.07, 6.45) is 9.29. The molecule has 1 aliphatic rings. The van der Waals surface area contributed by atoms with Crippen molar-refractivity contribution in [3.63, 3.8) is 0 Å². The molecule has 15 heavy (non-hydrogen) atoms. The number of anilines is 1. The molecule has 82 valence electrons. The summed E-state index contributed by atoms with van der Waals surface area (Å²) in [5.41, 5.74) is 2.98. The van der Waals surface area contributed by atoms with Crippen LogP contribution < -0.4 is 5.32 Å². The van der Waals surface area contributed by atoms with Crippen molar-refractivity contribution in [1.29, 1.82) is 0 Å². The molecule has 2 nitrogen and oxygen atoms in total. The van der Waals surface area contributed by atoms with Gasteiger partial charge < -0.3 is 5.32 Å². The Labute approximate surface area is 92.1 Å². The van der Waals surface area contributed by atoms with Crippen molar-refractivity contribution >= 4 is 5.69 Å². The number of pyridine rings is 1. The van der Waals surface area contributed by atoms with Crippen LogP contribution in [0.1, 0.15) is 38.2 Å². The van der Waals surface area contributed by atoms with E-state index in [-0.39, 0.29) is 0 Å². The largest absolute Gasteiger partial charge is 0.384 e. The molecular formula is C13H20N2. The second-order valence-corrected chi connectivity index (χ2v) is 5.06. The average molecular weight is 204 g/mol. The molecule has 1 saturated carbocycles. The molecule has 0 spiro atoms. The van der Waals surface area contributed by atoms with E-state index < -0.39 is 0 Å². The van der Waals surface area contributed by atoms with E-state index in [0.29, 0.717) is 5.41 Å². The molecule has 1 aromatic heterocycles. The van der Waals surface area contributed by atoms with Gasteiger partial charge in [0, 0.05) is 24.6 Å². The molecule has 2 heteroatoms. The molecule has 2 rings (SSSR count). The summed E-state index contributed by atoms with van der Waals surface area (Å²) in [6.45, 7) is 5.59. The van der Waals surface area contributed by atoms with Crippen molar-refractivity contribution in [2.75, 3.05) is 11.9 Å². The van der Waals surface area contributed by atoms with E-state index in [2.05, 4.69) is 30.2 Å². The summed E-state index contributed by atoms with van der Waals surface area (Å²) in [5, 5.41) is 3.56. The lowest BCUT2D eigenvalue weighted by molar-refractivity contribution is 0.362. The predicted octanol–water partition coefficient (Wildman–Crippen LogP) is 3.38. The second kappa shape index (κ2) is 4.21. The lowest BCUT2D eigenvalue weighted by Gasteiger charge is -2.24. The Bertz CT molecular complexity index is 327. The van der Waals surface area contributed by atoms with Crippen molar-refractivity contribution in [2.45, 2.75) is 39.5 Å². The van der Waals surface area contributed by atoms with Crippen LogP contribution in [-0.2, 0) is 0 Å². The van der Waals surface area contributed by atoms with Crippen LogP contribution in [0.15, 0.2) is 18.5 Å². The fraction of sp³-hybridized carbons (Fsp3) is 0.615. The van der Waals surface area contributed by atoms with E-state index in [1.165, 1.54) is 36.9 Å². The fourth-order valence-electron chi connectivity index (χ4n) is 2.39. The van der Waals surface area contributed by atoms with Crippen LogP contribution in [0.5, 0.6) is 0 Å². The number of rotatable bonds is 3. The molecule has 1 aromatic rings. The number of hydrogen-bond donors (Lipinski definition) is 1. The summed E-state index contributed by atoms with van der Waals surface area (Å²) in [5.74, 6) is 0. The van der Waals surface area contributed by atoms with E-state index in [1.54, 1.807) is 0 Å². The Balaban J connectivity index is 1.95. The molecule has 0 bridgehead atoms. The van der Waals surface area contributed by atoms with Crippen LogP contribution in [0, 0.1) is 12.3 Å². The molecule has 1 N–H and O–H groups in total. The Kier molecular flexibility index (Phi) is 2.94. The summed E-state index contributed by atoms with van der Waals surface area (Å²) in [7, 11) is 0. The van der Waals surface area contributed by atoms with Crippen molar-refractivity contribution in [3.05, 3.63) is 24.0 Å². The molecular weight excluding hydrogens is 184 g/mol. The van der Waals surface area contributed by atoms with Crippen molar-refractivity contribution in [2.24, 2.45) is 5.41 Å². The lowest BCUT2D eigenvalue weighted by atomic mass is 9.89. The first-order chi connectivity index (χ1) is 7.20. The van der Waals surface area contributed by atoms with E-state index >= 15 is 0 Å². The molecule has 0 aliphatic heterocycles. The molecule has 0 atom stereocenters. The molecule has 0 amide bonds. The van der Waals surface area contributed by atoms with Crippen molar-refractivity contribution in [1.82, 2.24) is 4.98 Å². The minimum Gasteiger partial charge on any atom is -0.384 e. The van der Waals surface area contributed by atoms with Gasteiger partial charge in [0.25, 0.3) is 0 Å². The summed E-state index contributed by atoms with van der Waals surface area (Å²) < 4.78 is 0. The Hall–Kier alpha value is -1.05. The van der Waals surface area contributed by atoms with Gasteiger partial charge in [0.15, 0.2) is 0 Å². The highest BCUT2D eigenvalue weighted by atomic mass is 14.9. The molecule has 1 fully saturated rings. The van der Waals surface area contributed by atoms with Gasteiger partial charge in [-0.05, 0) is 36.8 Å². The maximum absolute atomic E-state index is 4.10. The Morgan fingerprint density at radius 1 is 1.40 bits per heavy atom. The first kappa shape index (κ1) is 10.5. The highest BCUT2D eigenvalue weighted by molar-refractivity contribution is 5.48. The maximum Gasteiger partial charge on any atom is 0.0400 e. The van der Waals surface area contributed by atoms with E-state index in [1.807, 2.05) is 12.4 Å². The molecule has 0 radical (unpaired) electrons. The monoisotopic (exact) mass is 204 g/mol. The van der Waals surface area contributed by atoms with Crippen molar-refractivity contribution < 1.29 is 0 Å². The topological polar surface area (TPSA) is 24.9 Å². The SMILES string of the molecule is Cc1cnccc1NCC1(C)CCCC1. The first-order valence-electron chi connectivity index (χ1n) is 5.84.